The summed E-state index contributed by atoms with van der Waals surface area (Å²) in [6.45, 7) is 14.2. The van der Waals surface area contributed by atoms with Crippen molar-refractivity contribution in [3.8, 4) is 0 Å². The Kier molecular flexibility index (Phi) is 9.76. The summed E-state index contributed by atoms with van der Waals surface area (Å²) in [5, 5.41) is 16.8. The van der Waals surface area contributed by atoms with Crippen LogP contribution in [0.25, 0.3) is 0 Å². The second-order valence-electron chi connectivity index (χ2n) is 8.74. The van der Waals surface area contributed by atoms with Crippen LogP contribution >= 0.6 is 34.9 Å². The van der Waals surface area contributed by atoms with E-state index in [2.05, 4.69) is 31.5 Å². The highest BCUT2D eigenvalue weighted by molar-refractivity contribution is 8.04. The summed E-state index contributed by atoms with van der Waals surface area (Å²) < 4.78 is 1.05. The van der Waals surface area contributed by atoms with Crippen molar-refractivity contribution in [3.63, 3.8) is 0 Å². The van der Waals surface area contributed by atoms with Gasteiger partial charge in [-0.1, -0.05) is 34.9 Å². The van der Waals surface area contributed by atoms with Crippen LogP contribution in [0.15, 0.2) is 8.68 Å². The molecule has 1 aromatic heterocycles. The Morgan fingerprint density at radius 2 is 1.06 bits per heavy atom. The highest BCUT2D eigenvalue weighted by Crippen LogP contribution is 2.33. The largest absolute Gasteiger partial charge is 0.333 e. The molecule has 0 bridgehead atoms. The first-order chi connectivity index (χ1) is 14.1. The van der Waals surface area contributed by atoms with Gasteiger partial charge in [-0.3, -0.25) is 20.2 Å². The summed E-state index contributed by atoms with van der Waals surface area (Å²) >= 11 is 3.54. The van der Waals surface area contributed by atoms with Crippen molar-refractivity contribution in [1.29, 1.82) is 0 Å². The smallest absolute Gasteiger partial charge is 0.321 e. The van der Waals surface area contributed by atoms with Gasteiger partial charge in [0, 0.05) is 11.1 Å². The van der Waals surface area contributed by atoms with Gasteiger partial charge >= 0.3 is 12.1 Å². The molecule has 0 saturated heterocycles. The molecule has 2 atom stereocenters. The van der Waals surface area contributed by atoms with Crippen LogP contribution in [0, 0.1) is 0 Å². The third-order valence-electron chi connectivity index (χ3n) is 3.13. The number of imide groups is 2. The minimum Gasteiger partial charge on any atom is -0.333 e. The maximum Gasteiger partial charge on any atom is 0.321 e. The molecule has 6 amide bonds. The van der Waals surface area contributed by atoms with E-state index in [0.29, 0.717) is 8.68 Å². The Morgan fingerprint density at radius 1 is 0.742 bits per heavy atom. The number of hydrogen-bond donors (Lipinski definition) is 4. The van der Waals surface area contributed by atoms with Crippen molar-refractivity contribution in [1.82, 2.24) is 31.5 Å². The molecular weight excluding hydrogens is 460 g/mol. The van der Waals surface area contributed by atoms with E-state index < -0.39 is 45.5 Å². The molecule has 13 heteroatoms. The van der Waals surface area contributed by atoms with Crippen LogP contribution in [0.1, 0.15) is 55.4 Å². The zero-order valence-corrected chi connectivity index (χ0v) is 21.4. The van der Waals surface area contributed by atoms with Crippen LogP contribution in [0.4, 0.5) is 9.59 Å². The van der Waals surface area contributed by atoms with Gasteiger partial charge in [0.1, 0.15) is 0 Å². The maximum atomic E-state index is 12.2. The Balaban J connectivity index is 2.55. The molecule has 4 N–H and O–H groups in total. The van der Waals surface area contributed by atoms with Gasteiger partial charge in [0.05, 0.1) is 10.5 Å². The Hall–Kier alpha value is -1.86. The Bertz CT molecular complexity index is 751. The van der Waals surface area contributed by atoms with Gasteiger partial charge in [-0.05, 0) is 55.4 Å². The predicted molar refractivity (Wildman–Crippen MR) is 123 cm³/mol. The lowest BCUT2D eigenvalue weighted by molar-refractivity contribution is -0.120. The number of carbonyl (C=O) groups is 4. The van der Waals surface area contributed by atoms with Crippen LogP contribution < -0.4 is 21.3 Å². The van der Waals surface area contributed by atoms with E-state index in [1.807, 2.05) is 41.5 Å². The Labute approximate surface area is 194 Å². The van der Waals surface area contributed by atoms with Crippen molar-refractivity contribution in [2.24, 2.45) is 0 Å². The second kappa shape index (κ2) is 11.1. The maximum absolute atomic E-state index is 12.2. The molecule has 10 nitrogen and oxygen atoms in total. The highest BCUT2D eigenvalue weighted by atomic mass is 32.2. The van der Waals surface area contributed by atoms with Crippen molar-refractivity contribution >= 4 is 58.7 Å². The summed E-state index contributed by atoms with van der Waals surface area (Å²) in [5.41, 5.74) is -0.912. The molecule has 0 fully saturated rings. The van der Waals surface area contributed by atoms with Gasteiger partial charge in [-0.2, -0.15) is 0 Å². The van der Waals surface area contributed by atoms with Gasteiger partial charge in [0.2, 0.25) is 11.8 Å². The molecule has 0 aliphatic rings. The standard InChI is InChI=1S/C18H30N6O4S3/c1-9(11(25)19-13(27)21-17(3,4)5)29-15-23-24-16(31-15)30-10(2)12(26)20-14(28)22-18(6,7)8/h9-10H,1-8H3,(H2,19,21,25,27)(H2,20,22,26,28)/t9-,10-/m1/s1. The first-order valence-corrected chi connectivity index (χ1v) is 12.1. The molecule has 174 valence electrons. The van der Waals surface area contributed by atoms with E-state index in [0.717, 1.165) is 23.5 Å². The summed E-state index contributed by atoms with van der Waals surface area (Å²) in [6.07, 6.45) is 0. The SMILES string of the molecule is C[C@@H](Sc1nnc(S[C@H](C)C(=O)NC(=O)NC(C)(C)C)s1)C(=O)NC(=O)NC(C)(C)C. The fourth-order valence-corrected chi connectivity index (χ4v) is 5.18. The molecule has 0 aliphatic heterocycles. The fourth-order valence-electron chi connectivity index (χ4n) is 1.87. The molecule has 1 aromatic rings. The molecule has 31 heavy (non-hydrogen) atoms. The van der Waals surface area contributed by atoms with Crippen LogP contribution in [0.2, 0.25) is 0 Å². The molecule has 0 spiro atoms. The number of aromatic nitrogens is 2. The number of hydrogen-bond acceptors (Lipinski definition) is 9. The average Bonchev–Trinajstić information content (AvgIpc) is 2.97. The average molecular weight is 491 g/mol. The van der Waals surface area contributed by atoms with E-state index in [1.165, 1.54) is 11.3 Å². The number of rotatable bonds is 6. The lowest BCUT2D eigenvalue weighted by Gasteiger charge is -2.21. The molecular formula is C18H30N6O4S3. The summed E-state index contributed by atoms with van der Waals surface area (Å²) in [7, 11) is 0. The lowest BCUT2D eigenvalue weighted by Crippen LogP contribution is -2.49. The Morgan fingerprint density at radius 3 is 1.35 bits per heavy atom. The molecule has 1 rings (SSSR count). The van der Waals surface area contributed by atoms with Gasteiger partial charge in [0.15, 0.2) is 8.68 Å². The van der Waals surface area contributed by atoms with Crippen LogP contribution in [0.3, 0.4) is 0 Å². The number of nitrogens with one attached hydrogen (secondary N) is 4. The molecule has 0 aliphatic carbocycles. The molecule has 0 saturated carbocycles. The van der Waals surface area contributed by atoms with Crippen LogP contribution in [0.5, 0.6) is 0 Å². The normalized spacial score (nSPS) is 13.7. The minimum atomic E-state index is -0.571. The lowest BCUT2D eigenvalue weighted by atomic mass is 10.1. The van der Waals surface area contributed by atoms with Crippen molar-refractivity contribution in [3.05, 3.63) is 0 Å². The first kappa shape index (κ1) is 27.2. The number of urea groups is 2. The molecule has 0 unspecified atom stereocenters. The topological polar surface area (TPSA) is 142 Å². The summed E-state index contributed by atoms with van der Waals surface area (Å²) in [6, 6.07) is -1.12. The van der Waals surface area contributed by atoms with Gasteiger partial charge in [-0.25, -0.2) is 9.59 Å². The van der Waals surface area contributed by atoms with E-state index >= 15 is 0 Å². The van der Waals surface area contributed by atoms with Gasteiger partial charge < -0.3 is 10.6 Å². The second-order valence-corrected chi connectivity index (χ2v) is 12.9. The summed E-state index contributed by atoms with van der Waals surface area (Å²) in [4.78, 5) is 48.0. The first-order valence-electron chi connectivity index (χ1n) is 9.48. The number of amides is 6. The zero-order chi connectivity index (χ0) is 24.0. The molecule has 0 aromatic carbocycles. The highest BCUT2D eigenvalue weighted by Gasteiger charge is 2.24. The third kappa shape index (κ3) is 11.4. The fraction of sp³-hybridized carbons (Fsp3) is 0.667. The quantitative estimate of drug-likeness (QED) is 0.446. The number of carbonyl (C=O) groups excluding carboxylic acids is 4. The van der Waals surface area contributed by atoms with Crippen molar-refractivity contribution in [2.45, 2.75) is 85.6 Å². The number of nitrogens with zero attached hydrogens (tertiary/aromatic N) is 2. The van der Waals surface area contributed by atoms with Crippen LogP contribution in [-0.2, 0) is 9.59 Å². The van der Waals surface area contributed by atoms with Crippen molar-refractivity contribution < 1.29 is 19.2 Å². The predicted octanol–water partition coefficient (Wildman–Crippen LogP) is 2.75. The van der Waals surface area contributed by atoms with E-state index in [-0.39, 0.29) is 0 Å². The van der Waals surface area contributed by atoms with Crippen LogP contribution in [-0.4, -0.2) is 55.7 Å². The van der Waals surface area contributed by atoms with E-state index in [1.54, 1.807) is 13.8 Å². The van der Waals surface area contributed by atoms with E-state index in [4.69, 9.17) is 0 Å². The molecule has 0 radical (unpaired) electrons. The monoisotopic (exact) mass is 490 g/mol. The number of thioether (sulfide) groups is 2. The zero-order valence-electron chi connectivity index (χ0n) is 18.9. The molecule has 1 heterocycles. The third-order valence-corrected chi connectivity index (χ3v) is 6.42. The van der Waals surface area contributed by atoms with E-state index in [9.17, 15) is 19.2 Å². The minimum absolute atomic E-state index is 0.450. The van der Waals surface area contributed by atoms with Gasteiger partial charge in [0.25, 0.3) is 0 Å². The van der Waals surface area contributed by atoms with Crippen molar-refractivity contribution in [2.75, 3.05) is 0 Å². The summed E-state index contributed by atoms with van der Waals surface area (Å²) in [5.74, 6) is -0.900. The van der Waals surface area contributed by atoms with Gasteiger partial charge in [-0.15, -0.1) is 10.2 Å².